The first kappa shape index (κ1) is 12.8. The van der Waals surface area contributed by atoms with Crippen LogP contribution in [-0.4, -0.2) is 10.9 Å². The minimum absolute atomic E-state index is 0.207. The first-order valence-electron chi connectivity index (χ1n) is 5.30. The molecule has 3 nitrogen and oxygen atoms in total. The number of rotatable bonds is 3. The highest BCUT2D eigenvalue weighted by molar-refractivity contribution is 7.13. The first-order chi connectivity index (χ1) is 8.65. The topological polar surface area (TPSA) is 42.0 Å². The SMILES string of the molecule is Cc1ccc(/C=C/C(=O)Nc2nccs2)cc1Cl. The lowest BCUT2D eigenvalue weighted by Gasteiger charge is -1.99. The van der Waals surface area contributed by atoms with Gasteiger partial charge in [0, 0.05) is 22.7 Å². The maximum absolute atomic E-state index is 11.6. The molecule has 2 rings (SSSR count). The van der Waals surface area contributed by atoms with Crippen molar-refractivity contribution in [2.45, 2.75) is 6.92 Å². The molecule has 0 atom stereocenters. The Labute approximate surface area is 114 Å². The number of anilines is 1. The second-order valence-electron chi connectivity index (χ2n) is 3.67. The highest BCUT2D eigenvalue weighted by atomic mass is 35.5. The van der Waals surface area contributed by atoms with Crippen LogP contribution in [0.2, 0.25) is 5.02 Å². The molecular weight excluding hydrogens is 268 g/mol. The summed E-state index contributed by atoms with van der Waals surface area (Å²) in [5.41, 5.74) is 1.90. The van der Waals surface area contributed by atoms with Gasteiger partial charge in [-0.15, -0.1) is 11.3 Å². The maximum Gasteiger partial charge on any atom is 0.250 e. The van der Waals surface area contributed by atoms with Crippen LogP contribution in [0.4, 0.5) is 5.13 Å². The number of carbonyl (C=O) groups excluding carboxylic acids is 1. The second-order valence-corrected chi connectivity index (χ2v) is 4.97. The number of aryl methyl sites for hydroxylation is 1. The van der Waals surface area contributed by atoms with Crippen molar-refractivity contribution < 1.29 is 4.79 Å². The molecule has 18 heavy (non-hydrogen) atoms. The lowest BCUT2D eigenvalue weighted by atomic mass is 10.1. The Kier molecular flexibility index (Phi) is 4.12. The molecule has 2 aromatic rings. The normalized spacial score (nSPS) is 10.8. The number of nitrogens with one attached hydrogen (secondary N) is 1. The average molecular weight is 279 g/mol. The zero-order valence-electron chi connectivity index (χ0n) is 9.68. The summed E-state index contributed by atoms with van der Waals surface area (Å²) in [5.74, 6) is -0.207. The molecule has 0 aliphatic carbocycles. The van der Waals surface area contributed by atoms with Crippen LogP contribution in [0.3, 0.4) is 0 Å². The number of amides is 1. The third-order valence-corrected chi connectivity index (χ3v) is 3.38. The molecule has 0 radical (unpaired) electrons. The lowest BCUT2D eigenvalue weighted by molar-refractivity contribution is -0.111. The van der Waals surface area contributed by atoms with Gasteiger partial charge in [-0.05, 0) is 30.2 Å². The molecule has 1 aromatic carbocycles. The Morgan fingerprint density at radius 2 is 2.33 bits per heavy atom. The number of benzene rings is 1. The summed E-state index contributed by atoms with van der Waals surface area (Å²) in [7, 11) is 0. The third-order valence-electron chi connectivity index (χ3n) is 2.29. The van der Waals surface area contributed by atoms with Gasteiger partial charge in [0.15, 0.2) is 5.13 Å². The molecule has 0 bridgehead atoms. The van der Waals surface area contributed by atoms with Crippen LogP contribution in [0.25, 0.3) is 6.08 Å². The smallest absolute Gasteiger partial charge is 0.250 e. The quantitative estimate of drug-likeness (QED) is 0.869. The zero-order valence-corrected chi connectivity index (χ0v) is 11.3. The van der Waals surface area contributed by atoms with E-state index in [9.17, 15) is 4.79 Å². The van der Waals surface area contributed by atoms with Crippen molar-refractivity contribution in [1.29, 1.82) is 0 Å². The number of aromatic nitrogens is 1. The summed E-state index contributed by atoms with van der Waals surface area (Å²) in [6, 6.07) is 5.65. The van der Waals surface area contributed by atoms with Gasteiger partial charge < -0.3 is 0 Å². The van der Waals surface area contributed by atoms with Crippen LogP contribution in [-0.2, 0) is 4.79 Å². The van der Waals surface area contributed by atoms with Gasteiger partial charge >= 0.3 is 0 Å². The fourth-order valence-corrected chi connectivity index (χ4v) is 2.04. The molecular formula is C13H11ClN2OS. The predicted molar refractivity (Wildman–Crippen MR) is 76.0 cm³/mol. The van der Waals surface area contributed by atoms with E-state index in [0.29, 0.717) is 10.2 Å². The van der Waals surface area contributed by atoms with Crippen molar-refractivity contribution in [3.05, 3.63) is 52.0 Å². The van der Waals surface area contributed by atoms with E-state index < -0.39 is 0 Å². The molecule has 0 saturated carbocycles. The Balaban J connectivity index is 2.01. The molecule has 0 unspecified atom stereocenters. The average Bonchev–Trinajstić information content (AvgIpc) is 2.83. The van der Waals surface area contributed by atoms with Crippen LogP contribution >= 0.6 is 22.9 Å². The van der Waals surface area contributed by atoms with Gasteiger partial charge in [0.05, 0.1) is 0 Å². The Morgan fingerprint density at radius 1 is 1.50 bits per heavy atom. The third kappa shape index (κ3) is 3.42. The molecule has 0 fully saturated rings. The van der Waals surface area contributed by atoms with Crippen LogP contribution in [0.15, 0.2) is 35.9 Å². The van der Waals surface area contributed by atoms with Gasteiger partial charge in [0.25, 0.3) is 0 Å². The van der Waals surface area contributed by atoms with Crippen LogP contribution in [0.1, 0.15) is 11.1 Å². The summed E-state index contributed by atoms with van der Waals surface area (Å²) < 4.78 is 0. The van der Waals surface area contributed by atoms with Crippen LogP contribution < -0.4 is 5.32 Å². The van der Waals surface area contributed by atoms with Gasteiger partial charge in [0.2, 0.25) is 5.91 Å². The Morgan fingerprint density at radius 3 is 3.00 bits per heavy atom. The van der Waals surface area contributed by atoms with Gasteiger partial charge in [0.1, 0.15) is 0 Å². The van der Waals surface area contributed by atoms with Gasteiger partial charge in [-0.1, -0.05) is 23.7 Å². The number of hydrogen-bond donors (Lipinski definition) is 1. The molecule has 92 valence electrons. The molecule has 5 heteroatoms. The number of carbonyl (C=O) groups is 1. The number of thiazole rings is 1. The van der Waals surface area contributed by atoms with E-state index in [1.807, 2.05) is 25.1 Å². The van der Waals surface area contributed by atoms with E-state index in [0.717, 1.165) is 11.1 Å². The monoisotopic (exact) mass is 278 g/mol. The molecule has 0 saturated heterocycles. The summed E-state index contributed by atoms with van der Waals surface area (Å²) >= 11 is 7.38. The molecule has 1 N–H and O–H groups in total. The minimum atomic E-state index is -0.207. The molecule has 1 amide bonds. The van der Waals surface area contributed by atoms with E-state index in [4.69, 9.17) is 11.6 Å². The van der Waals surface area contributed by atoms with E-state index in [2.05, 4.69) is 10.3 Å². The fraction of sp³-hybridized carbons (Fsp3) is 0.0769. The molecule has 0 spiro atoms. The summed E-state index contributed by atoms with van der Waals surface area (Å²) in [4.78, 5) is 15.5. The van der Waals surface area contributed by atoms with Crippen LogP contribution in [0, 0.1) is 6.92 Å². The Bertz CT molecular complexity index is 579. The number of halogens is 1. The van der Waals surface area contributed by atoms with Gasteiger partial charge in [-0.3, -0.25) is 10.1 Å². The van der Waals surface area contributed by atoms with Gasteiger partial charge in [-0.2, -0.15) is 0 Å². The van der Waals surface area contributed by atoms with E-state index in [1.54, 1.807) is 17.7 Å². The Hall–Kier alpha value is -1.65. The number of nitrogens with zero attached hydrogens (tertiary/aromatic N) is 1. The van der Waals surface area contributed by atoms with Crippen molar-refractivity contribution >= 4 is 40.1 Å². The maximum atomic E-state index is 11.6. The molecule has 0 aliphatic rings. The highest BCUT2D eigenvalue weighted by Gasteiger charge is 2.00. The zero-order chi connectivity index (χ0) is 13.0. The van der Waals surface area contributed by atoms with Crippen molar-refractivity contribution in [2.24, 2.45) is 0 Å². The summed E-state index contributed by atoms with van der Waals surface area (Å²) in [6.07, 6.45) is 4.82. The second kappa shape index (κ2) is 5.80. The summed E-state index contributed by atoms with van der Waals surface area (Å²) in [6.45, 7) is 1.94. The van der Waals surface area contributed by atoms with E-state index in [-0.39, 0.29) is 5.91 Å². The summed E-state index contributed by atoms with van der Waals surface area (Å²) in [5, 5.41) is 5.75. The predicted octanol–water partition coefficient (Wildman–Crippen LogP) is 3.76. The van der Waals surface area contributed by atoms with Crippen molar-refractivity contribution in [1.82, 2.24) is 4.98 Å². The van der Waals surface area contributed by atoms with Crippen LogP contribution in [0.5, 0.6) is 0 Å². The molecule has 1 aromatic heterocycles. The van der Waals surface area contributed by atoms with Gasteiger partial charge in [-0.25, -0.2) is 4.98 Å². The van der Waals surface area contributed by atoms with Crippen molar-refractivity contribution in [2.75, 3.05) is 5.32 Å². The molecule has 1 heterocycles. The number of hydrogen-bond acceptors (Lipinski definition) is 3. The molecule has 0 aliphatic heterocycles. The van der Waals surface area contributed by atoms with Crippen molar-refractivity contribution in [3.8, 4) is 0 Å². The first-order valence-corrected chi connectivity index (χ1v) is 6.55. The minimum Gasteiger partial charge on any atom is -0.298 e. The van der Waals surface area contributed by atoms with E-state index >= 15 is 0 Å². The highest BCUT2D eigenvalue weighted by Crippen LogP contribution is 2.17. The lowest BCUT2D eigenvalue weighted by Crippen LogP contribution is -2.06. The standard InChI is InChI=1S/C13H11ClN2OS/c1-9-2-3-10(8-11(9)14)4-5-12(17)16-13-15-6-7-18-13/h2-8H,1H3,(H,15,16,17)/b5-4+. The largest absolute Gasteiger partial charge is 0.298 e. The fourth-order valence-electron chi connectivity index (χ4n) is 1.32. The van der Waals surface area contributed by atoms with E-state index in [1.165, 1.54) is 17.4 Å². The van der Waals surface area contributed by atoms with Crippen molar-refractivity contribution in [3.63, 3.8) is 0 Å².